The van der Waals surface area contributed by atoms with Gasteiger partial charge in [0.25, 0.3) is 5.91 Å². The average Bonchev–Trinajstić information content (AvgIpc) is 2.55. The Hall–Kier alpha value is -2.11. The fraction of sp³-hybridized carbons (Fsp3) is 0.188. The summed E-state index contributed by atoms with van der Waals surface area (Å²) in [6.07, 6.45) is 0.201. The third kappa shape index (κ3) is 4.21. The van der Waals surface area contributed by atoms with Crippen molar-refractivity contribution in [1.82, 2.24) is 9.88 Å². The quantitative estimate of drug-likeness (QED) is 0.625. The van der Waals surface area contributed by atoms with Crippen molar-refractivity contribution in [3.8, 4) is 0 Å². The number of amides is 1. The van der Waals surface area contributed by atoms with E-state index in [0.717, 1.165) is 0 Å². The first-order valence-electron chi connectivity index (χ1n) is 6.68. The first kappa shape index (κ1) is 17.2. The average molecular weight is 353 g/mol. The van der Waals surface area contributed by atoms with Crippen LogP contribution in [0.1, 0.15) is 22.0 Å². The molecule has 5 nitrogen and oxygen atoms in total. The monoisotopic (exact) mass is 352 g/mol. The lowest BCUT2D eigenvalue weighted by Gasteiger charge is -2.21. The molecule has 1 atom stereocenters. The predicted molar refractivity (Wildman–Crippen MR) is 87.5 cm³/mol. The highest BCUT2D eigenvalue weighted by Gasteiger charge is 2.27. The summed E-state index contributed by atoms with van der Waals surface area (Å²) in [6.45, 7) is 0. The van der Waals surface area contributed by atoms with Crippen LogP contribution in [0, 0.1) is 0 Å². The van der Waals surface area contributed by atoms with Gasteiger partial charge < -0.3 is 9.64 Å². The number of esters is 1. The van der Waals surface area contributed by atoms with Gasteiger partial charge in [0.05, 0.1) is 10.6 Å². The maximum absolute atomic E-state index is 12.3. The highest BCUT2D eigenvalue weighted by Crippen LogP contribution is 2.24. The van der Waals surface area contributed by atoms with Crippen molar-refractivity contribution < 1.29 is 14.3 Å². The van der Waals surface area contributed by atoms with Gasteiger partial charge in [-0.25, -0.2) is 9.78 Å². The third-order valence-electron chi connectivity index (χ3n) is 3.02. The maximum Gasteiger partial charge on any atom is 0.340 e. The molecule has 7 heteroatoms. The number of nitrogens with zero attached hydrogens (tertiary/aromatic N) is 2. The number of hydrogen-bond acceptors (Lipinski definition) is 4. The number of ether oxygens (including phenoxy) is 1. The van der Waals surface area contributed by atoms with Gasteiger partial charge in [0, 0.05) is 25.9 Å². The second kappa shape index (κ2) is 7.44. The number of carbonyl (C=O) groups is 2. The number of pyridine rings is 1. The summed E-state index contributed by atoms with van der Waals surface area (Å²) in [6, 6.07) is 10.1. The molecule has 0 fully saturated rings. The standard InChI is InChI=1S/C16H14Cl2N2O3/c1-20(2)15(21)13(10-6-4-3-5-7-10)23-16(22)11-8-12(17)14(18)19-9-11/h3-9,13H,1-2H3. The summed E-state index contributed by atoms with van der Waals surface area (Å²) in [5, 5.41) is 0.225. The lowest BCUT2D eigenvalue weighted by atomic mass is 10.1. The molecule has 1 aromatic heterocycles. The molecule has 0 N–H and O–H groups in total. The van der Waals surface area contributed by atoms with E-state index in [1.165, 1.54) is 17.2 Å². The molecule has 1 heterocycles. The van der Waals surface area contributed by atoms with Gasteiger partial charge in [0.2, 0.25) is 6.10 Å². The van der Waals surface area contributed by atoms with E-state index in [2.05, 4.69) is 4.98 Å². The molecule has 0 aliphatic carbocycles. The summed E-state index contributed by atoms with van der Waals surface area (Å²) in [5.74, 6) is -1.06. The molecule has 0 aliphatic rings. The first-order valence-corrected chi connectivity index (χ1v) is 7.44. The van der Waals surface area contributed by atoms with Gasteiger partial charge >= 0.3 is 5.97 Å². The topological polar surface area (TPSA) is 59.5 Å². The van der Waals surface area contributed by atoms with Crippen LogP contribution in [0.2, 0.25) is 10.2 Å². The molecular weight excluding hydrogens is 339 g/mol. The zero-order valence-electron chi connectivity index (χ0n) is 12.5. The van der Waals surface area contributed by atoms with Crippen LogP contribution in [0.15, 0.2) is 42.6 Å². The minimum absolute atomic E-state index is 0.0900. The normalized spacial score (nSPS) is 11.7. The Bertz CT molecular complexity index is 721. The molecule has 2 aromatic rings. The molecule has 0 saturated heterocycles. The van der Waals surface area contributed by atoms with Crippen molar-refractivity contribution in [1.29, 1.82) is 0 Å². The minimum atomic E-state index is -1.05. The maximum atomic E-state index is 12.3. The summed E-state index contributed by atoms with van der Waals surface area (Å²) in [5.41, 5.74) is 0.694. The molecule has 0 radical (unpaired) electrons. The Labute approximate surface area is 143 Å². The Morgan fingerprint density at radius 1 is 1.17 bits per heavy atom. The third-order valence-corrected chi connectivity index (χ3v) is 3.71. The number of aromatic nitrogens is 1. The molecule has 1 unspecified atom stereocenters. The Morgan fingerprint density at radius 3 is 2.39 bits per heavy atom. The zero-order chi connectivity index (χ0) is 17.0. The van der Waals surface area contributed by atoms with Crippen LogP contribution in [0.25, 0.3) is 0 Å². The Morgan fingerprint density at radius 2 is 1.83 bits per heavy atom. The van der Waals surface area contributed by atoms with Gasteiger partial charge in [-0.1, -0.05) is 53.5 Å². The van der Waals surface area contributed by atoms with Crippen molar-refractivity contribution in [2.24, 2.45) is 0 Å². The highest BCUT2D eigenvalue weighted by atomic mass is 35.5. The molecule has 0 spiro atoms. The minimum Gasteiger partial charge on any atom is -0.444 e. The SMILES string of the molecule is CN(C)C(=O)C(OC(=O)c1cnc(Cl)c(Cl)c1)c1ccccc1. The van der Waals surface area contributed by atoms with Crippen LogP contribution in [-0.4, -0.2) is 35.9 Å². The summed E-state index contributed by atoms with van der Waals surface area (Å²) < 4.78 is 5.37. The van der Waals surface area contributed by atoms with Crippen LogP contribution in [-0.2, 0) is 9.53 Å². The second-order valence-electron chi connectivity index (χ2n) is 4.93. The van der Waals surface area contributed by atoms with Crippen LogP contribution in [0.4, 0.5) is 0 Å². The van der Waals surface area contributed by atoms with Gasteiger partial charge in [0.15, 0.2) is 0 Å². The van der Waals surface area contributed by atoms with Gasteiger partial charge in [-0.2, -0.15) is 0 Å². The largest absolute Gasteiger partial charge is 0.444 e. The van der Waals surface area contributed by atoms with Gasteiger partial charge in [-0.05, 0) is 6.07 Å². The molecule has 0 bridgehead atoms. The van der Waals surface area contributed by atoms with Crippen molar-refractivity contribution in [2.45, 2.75) is 6.10 Å². The lowest BCUT2D eigenvalue weighted by Crippen LogP contribution is -2.31. The van der Waals surface area contributed by atoms with E-state index >= 15 is 0 Å². The number of benzene rings is 1. The highest BCUT2D eigenvalue weighted by molar-refractivity contribution is 6.41. The van der Waals surface area contributed by atoms with Gasteiger partial charge in [-0.15, -0.1) is 0 Å². The van der Waals surface area contributed by atoms with E-state index < -0.39 is 12.1 Å². The van der Waals surface area contributed by atoms with Crippen molar-refractivity contribution >= 4 is 35.1 Å². The van der Waals surface area contributed by atoms with Crippen molar-refractivity contribution in [3.05, 3.63) is 63.9 Å². The van der Waals surface area contributed by atoms with E-state index in [1.807, 2.05) is 6.07 Å². The van der Waals surface area contributed by atoms with E-state index in [1.54, 1.807) is 38.4 Å². The number of carbonyl (C=O) groups excluding carboxylic acids is 2. The molecule has 1 aromatic carbocycles. The fourth-order valence-corrected chi connectivity index (χ4v) is 2.10. The number of rotatable bonds is 4. The molecule has 0 aliphatic heterocycles. The smallest absolute Gasteiger partial charge is 0.340 e. The molecule has 1 amide bonds. The lowest BCUT2D eigenvalue weighted by molar-refractivity contribution is -0.138. The summed E-state index contributed by atoms with van der Waals surface area (Å²) >= 11 is 11.6. The van der Waals surface area contributed by atoms with Crippen LogP contribution < -0.4 is 0 Å². The fourth-order valence-electron chi connectivity index (χ4n) is 1.83. The van der Waals surface area contributed by atoms with Crippen molar-refractivity contribution in [2.75, 3.05) is 14.1 Å². The Balaban J connectivity index is 2.28. The predicted octanol–water partition coefficient (Wildman–Crippen LogP) is 3.37. The van der Waals surface area contributed by atoms with Crippen LogP contribution in [0.5, 0.6) is 0 Å². The summed E-state index contributed by atoms with van der Waals surface area (Å²) in [7, 11) is 3.18. The molecule has 23 heavy (non-hydrogen) atoms. The van der Waals surface area contributed by atoms with E-state index in [9.17, 15) is 9.59 Å². The van der Waals surface area contributed by atoms with Gasteiger partial charge in [0.1, 0.15) is 5.15 Å². The van der Waals surface area contributed by atoms with E-state index in [4.69, 9.17) is 27.9 Å². The van der Waals surface area contributed by atoms with Gasteiger partial charge in [-0.3, -0.25) is 4.79 Å². The molecular formula is C16H14Cl2N2O3. The summed E-state index contributed by atoms with van der Waals surface area (Å²) in [4.78, 5) is 29.8. The zero-order valence-corrected chi connectivity index (χ0v) is 14.0. The first-order chi connectivity index (χ1) is 10.9. The number of halogens is 2. The number of hydrogen-bond donors (Lipinski definition) is 0. The molecule has 120 valence electrons. The number of likely N-dealkylation sites (N-methyl/N-ethyl adjacent to an activating group) is 1. The van der Waals surface area contributed by atoms with Crippen molar-refractivity contribution in [3.63, 3.8) is 0 Å². The van der Waals surface area contributed by atoms with E-state index in [-0.39, 0.29) is 21.6 Å². The molecule has 0 saturated carbocycles. The Kier molecular flexibility index (Phi) is 5.58. The van der Waals surface area contributed by atoms with Crippen LogP contribution in [0.3, 0.4) is 0 Å². The molecule has 2 rings (SSSR count). The second-order valence-corrected chi connectivity index (χ2v) is 5.69. The van der Waals surface area contributed by atoms with E-state index in [0.29, 0.717) is 5.56 Å². The van der Waals surface area contributed by atoms with Crippen LogP contribution >= 0.6 is 23.2 Å².